The molecule has 1 aromatic heterocycles. The maximum Gasteiger partial charge on any atom is 0.417 e. The molecule has 0 aliphatic carbocycles. The van der Waals surface area contributed by atoms with Gasteiger partial charge in [0.15, 0.2) is 11.5 Å². The van der Waals surface area contributed by atoms with Crippen LogP contribution in [0.3, 0.4) is 0 Å². The van der Waals surface area contributed by atoms with Crippen molar-refractivity contribution in [3.63, 3.8) is 0 Å². The van der Waals surface area contributed by atoms with Crippen LogP contribution in [-0.4, -0.2) is 65.1 Å². The minimum absolute atomic E-state index is 0.0637. The lowest BCUT2D eigenvalue weighted by Gasteiger charge is -2.37. The Morgan fingerprint density at radius 2 is 1.70 bits per heavy atom. The summed E-state index contributed by atoms with van der Waals surface area (Å²) in [6, 6.07) is 7.53. The van der Waals surface area contributed by atoms with Crippen LogP contribution in [0, 0.1) is 0 Å². The Hall–Kier alpha value is -3.21. The number of fused-ring (bicyclic) bond motifs is 1. The van der Waals surface area contributed by atoms with Crippen molar-refractivity contribution in [3.05, 3.63) is 57.5 Å². The third kappa shape index (κ3) is 4.92. The van der Waals surface area contributed by atoms with Crippen molar-refractivity contribution in [2.75, 3.05) is 32.8 Å². The molecule has 0 saturated carbocycles. The number of aromatic nitrogens is 1. The van der Waals surface area contributed by atoms with Gasteiger partial charge in [0.25, 0.3) is 11.5 Å². The molecule has 8 nitrogen and oxygen atoms in total. The molecule has 0 spiro atoms. The number of amides is 2. The number of carbonyl (C=O) groups excluding carboxylic acids is 2. The standard InChI is InChI=1S/C21H19ClF3N3O5/c22-14-9-13(21(23,24)25)10-28(19(14)30)11-18(29)26-5-7-27(8-6-26)20(31)17-12-32-15-3-1-2-4-16(15)33-17/h1-4,9-10,17H,5-8,11-12H2. The van der Waals surface area contributed by atoms with Gasteiger partial charge in [0.1, 0.15) is 18.2 Å². The molecule has 176 valence electrons. The van der Waals surface area contributed by atoms with Crippen molar-refractivity contribution in [2.45, 2.75) is 18.8 Å². The van der Waals surface area contributed by atoms with Gasteiger partial charge in [-0.05, 0) is 18.2 Å². The lowest BCUT2D eigenvalue weighted by atomic mass is 10.2. The number of pyridine rings is 1. The van der Waals surface area contributed by atoms with Gasteiger partial charge in [-0.2, -0.15) is 13.2 Å². The number of ether oxygens (including phenoxy) is 2. The van der Waals surface area contributed by atoms with Crippen LogP contribution in [-0.2, 0) is 22.3 Å². The lowest BCUT2D eigenvalue weighted by Crippen LogP contribution is -2.55. The summed E-state index contributed by atoms with van der Waals surface area (Å²) < 4.78 is 50.9. The first-order chi connectivity index (χ1) is 15.6. The molecule has 4 rings (SSSR count). The van der Waals surface area contributed by atoms with Gasteiger partial charge < -0.3 is 23.8 Å². The molecule has 1 unspecified atom stereocenters. The van der Waals surface area contributed by atoms with Crippen molar-refractivity contribution in [2.24, 2.45) is 0 Å². The van der Waals surface area contributed by atoms with Gasteiger partial charge in [0.05, 0.1) is 5.56 Å². The van der Waals surface area contributed by atoms with E-state index in [-0.39, 0.29) is 38.7 Å². The third-order valence-electron chi connectivity index (χ3n) is 5.40. The molecule has 0 radical (unpaired) electrons. The summed E-state index contributed by atoms with van der Waals surface area (Å²) in [7, 11) is 0. The Kier molecular flexibility index (Phi) is 6.24. The zero-order valence-electron chi connectivity index (χ0n) is 17.2. The van der Waals surface area contributed by atoms with Gasteiger partial charge >= 0.3 is 6.18 Å². The summed E-state index contributed by atoms with van der Waals surface area (Å²) in [6.45, 7) is 0.224. The molecule has 2 aliphatic heterocycles. The Balaban J connectivity index is 1.36. The van der Waals surface area contributed by atoms with Crippen LogP contribution in [0.25, 0.3) is 0 Å². The van der Waals surface area contributed by atoms with E-state index in [1.54, 1.807) is 29.2 Å². The maximum atomic E-state index is 13.0. The predicted octanol–water partition coefficient (Wildman–Crippen LogP) is 2.03. The monoisotopic (exact) mass is 485 g/mol. The third-order valence-corrected chi connectivity index (χ3v) is 5.67. The topological polar surface area (TPSA) is 81.1 Å². The molecule has 1 atom stereocenters. The van der Waals surface area contributed by atoms with Crippen molar-refractivity contribution in [3.8, 4) is 11.5 Å². The highest BCUT2D eigenvalue weighted by Gasteiger charge is 2.34. The molecule has 1 aromatic carbocycles. The number of para-hydroxylation sites is 2. The van der Waals surface area contributed by atoms with E-state index in [1.165, 1.54) is 4.90 Å². The second-order valence-corrected chi connectivity index (χ2v) is 7.99. The quantitative estimate of drug-likeness (QED) is 0.664. The van der Waals surface area contributed by atoms with Gasteiger partial charge in [0.2, 0.25) is 12.0 Å². The first-order valence-electron chi connectivity index (χ1n) is 10.1. The summed E-state index contributed by atoms with van der Waals surface area (Å²) in [6.07, 6.45) is -4.95. The molecule has 1 fully saturated rings. The van der Waals surface area contributed by atoms with E-state index in [4.69, 9.17) is 21.1 Å². The lowest BCUT2D eigenvalue weighted by molar-refractivity contribution is -0.146. The number of hydrogen-bond acceptors (Lipinski definition) is 5. The van der Waals surface area contributed by atoms with Crippen molar-refractivity contribution < 1.29 is 32.2 Å². The fourth-order valence-corrected chi connectivity index (χ4v) is 3.86. The first kappa shape index (κ1) is 23.0. The maximum absolute atomic E-state index is 13.0. The second-order valence-electron chi connectivity index (χ2n) is 7.58. The van der Waals surface area contributed by atoms with Crippen LogP contribution in [0.5, 0.6) is 11.5 Å². The van der Waals surface area contributed by atoms with E-state index < -0.39 is 40.9 Å². The van der Waals surface area contributed by atoms with Gasteiger partial charge in [-0.1, -0.05) is 23.7 Å². The largest absolute Gasteiger partial charge is 0.485 e. The summed E-state index contributed by atoms with van der Waals surface area (Å²) in [4.78, 5) is 40.4. The summed E-state index contributed by atoms with van der Waals surface area (Å²) in [5.41, 5.74) is -2.01. The number of piperazine rings is 1. The SMILES string of the molecule is O=C(Cn1cc(C(F)(F)F)cc(Cl)c1=O)N1CCN(C(=O)C2COc3ccccc3O2)CC1. The fourth-order valence-electron chi connectivity index (χ4n) is 3.64. The van der Waals surface area contributed by atoms with Crippen LogP contribution in [0.15, 0.2) is 41.3 Å². The average molecular weight is 486 g/mol. The van der Waals surface area contributed by atoms with E-state index >= 15 is 0 Å². The number of nitrogens with zero attached hydrogens (tertiary/aromatic N) is 3. The number of rotatable bonds is 3. The van der Waals surface area contributed by atoms with Crippen molar-refractivity contribution in [1.82, 2.24) is 14.4 Å². The number of benzene rings is 1. The summed E-state index contributed by atoms with van der Waals surface area (Å²) in [5, 5.41) is -0.621. The molecule has 2 aliphatic rings. The summed E-state index contributed by atoms with van der Waals surface area (Å²) in [5.74, 6) is 0.200. The van der Waals surface area contributed by atoms with E-state index in [1.807, 2.05) is 0 Å². The first-order valence-corrected chi connectivity index (χ1v) is 10.4. The predicted molar refractivity (Wildman–Crippen MR) is 110 cm³/mol. The van der Waals surface area contributed by atoms with Gasteiger partial charge in [-0.3, -0.25) is 14.4 Å². The number of carbonyl (C=O) groups is 2. The van der Waals surface area contributed by atoms with Crippen LogP contribution in [0.1, 0.15) is 5.56 Å². The molecule has 33 heavy (non-hydrogen) atoms. The molecule has 12 heteroatoms. The molecule has 2 amide bonds. The van der Waals surface area contributed by atoms with Gasteiger partial charge in [-0.15, -0.1) is 0 Å². The molecule has 1 saturated heterocycles. The average Bonchev–Trinajstić information content (AvgIpc) is 2.80. The smallest absolute Gasteiger partial charge is 0.417 e. The highest BCUT2D eigenvalue weighted by Crippen LogP contribution is 2.31. The van der Waals surface area contributed by atoms with Crippen LogP contribution < -0.4 is 15.0 Å². The minimum atomic E-state index is -4.71. The highest BCUT2D eigenvalue weighted by atomic mass is 35.5. The van der Waals surface area contributed by atoms with Crippen molar-refractivity contribution in [1.29, 1.82) is 0 Å². The molecule has 0 bridgehead atoms. The van der Waals surface area contributed by atoms with Gasteiger partial charge in [-0.25, -0.2) is 0 Å². The number of halogens is 4. The zero-order valence-corrected chi connectivity index (χ0v) is 17.9. The Morgan fingerprint density at radius 3 is 2.36 bits per heavy atom. The molecule has 3 heterocycles. The highest BCUT2D eigenvalue weighted by molar-refractivity contribution is 6.30. The molecule has 2 aromatic rings. The van der Waals surface area contributed by atoms with Crippen molar-refractivity contribution >= 4 is 23.4 Å². The fraction of sp³-hybridized carbons (Fsp3) is 0.381. The van der Waals surface area contributed by atoms with E-state index in [0.29, 0.717) is 28.3 Å². The molecular formula is C21H19ClF3N3O5. The van der Waals surface area contributed by atoms with E-state index in [9.17, 15) is 27.6 Å². The Bertz CT molecular complexity index is 1130. The zero-order chi connectivity index (χ0) is 23.8. The van der Waals surface area contributed by atoms with Gasteiger partial charge in [0, 0.05) is 32.4 Å². The molecular weight excluding hydrogens is 467 g/mol. The number of alkyl halides is 3. The Morgan fingerprint density at radius 1 is 1.06 bits per heavy atom. The second kappa shape index (κ2) is 8.97. The molecule has 0 N–H and O–H groups in total. The minimum Gasteiger partial charge on any atom is -0.485 e. The normalized spacial score (nSPS) is 18.2. The summed E-state index contributed by atoms with van der Waals surface area (Å²) >= 11 is 5.63. The number of hydrogen-bond donors (Lipinski definition) is 0. The van der Waals surface area contributed by atoms with Crippen LogP contribution in [0.4, 0.5) is 13.2 Å². The van der Waals surface area contributed by atoms with Crippen LogP contribution in [0.2, 0.25) is 5.02 Å². The van der Waals surface area contributed by atoms with E-state index in [0.717, 1.165) is 0 Å². The van der Waals surface area contributed by atoms with E-state index in [2.05, 4.69) is 0 Å². The Labute approximate surface area is 191 Å². The van der Waals surface area contributed by atoms with Crippen LogP contribution >= 0.6 is 11.6 Å².